The minimum absolute atomic E-state index is 0.0926. The quantitative estimate of drug-likeness (QED) is 0.251. The molecule has 28 heavy (non-hydrogen) atoms. The third kappa shape index (κ3) is 30.6. The van der Waals surface area contributed by atoms with Crippen molar-refractivity contribution < 1.29 is 17.2 Å². The van der Waals surface area contributed by atoms with Gasteiger partial charge < -0.3 is 5.73 Å². The number of rotatable bonds is 13. The normalized spacial score (nSPS) is 14.6. The van der Waals surface area contributed by atoms with Crippen LogP contribution in [0.5, 0.6) is 0 Å². The summed E-state index contributed by atoms with van der Waals surface area (Å²) in [7, 11) is -4.23. The molecule has 0 aliphatic heterocycles. The molecule has 1 fully saturated rings. The van der Waals surface area contributed by atoms with Crippen molar-refractivity contribution in [2.24, 2.45) is 5.73 Å². The number of nitrogens with two attached hydrogens (primary N) is 1. The minimum atomic E-state index is -4.23. The van der Waals surface area contributed by atoms with Gasteiger partial charge in [-0.3, -0.25) is 4.55 Å². The molecule has 0 aromatic heterocycles. The molecule has 0 aromatic rings. The Kier molecular flexibility index (Phi) is 24.8. The largest absolute Gasteiger partial charge is 0.397 e. The van der Waals surface area contributed by atoms with E-state index in [9.17, 15) is 8.42 Å². The lowest BCUT2D eigenvalue weighted by atomic mass is 9.97. The molecular formula is C22H49NO4S. The van der Waals surface area contributed by atoms with Crippen molar-refractivity contribution in [3.63, 3.8) is 0 Å². The minimum Gasteiger partial charge on any atom is -0.328 e. The highest BCUT2D eigenvalue weighted by Crippen LogP contribution is 2.14. The number of unbranched alkanes of at least 4 members (excludes halogenated alkanes) is 10. The van der Waals surface area contributed by atoms with E-state index in [-0.39, 0.29) is 6.61 Å². The van der Waals surface area contributed by atoms with Gasteiger partial charge in [-0.25, -0.2) is 4.18 Å². The molecule has 0 amide bonds. The van der Waals surface area contributed by atoms with Crippen LogP contribution in [0.2, 0.25) is 0 Å². The third-order valence-electron chi connectivity index (χ3n) is 4.88. The molecule has 0 radical (unpaired) electrons. The lowest BCUT2D eigenvalue weighted by Gasteiger charge is -2.15. The van der Waals surface area contributed by atoms with Gasteiger partial charge >= 0.3 is 10.4 Å². The predicted octanol–water partition coefficient (Wildman–Crippen LogP) is 6.81. The Morgan fingerprint density at radius 2 is 1.18 bits per heavy atom. The van der Waals surface area contributed by atoms with Gasteiger partial charge in [0.1, 0.15) is 0 Å². The highest BCUT2D eigenvalue weighted by Gasteiger charge is 2.06. The smallest absolute Gasteiger partial charge is 0.328 e. The zero-order valence-electron chi connectivity index (χ0n) is 19.0. The van der Waals surface area contributed by atoms with Crippen LogP contribution in [0.15, 0.2) is 0 Å². The average molecular weight is 424 g/mol. The molecule has 6 heteroatoms. The van der Waals surface area contributed by atoms with Crippen molar-refractivity contribution in [3.8, 4) is 0 Å². The van der Waals surface area contributed by atoms with Crippen LogP contribution in [-0.4, -0.2) is 25.6 Å². The highest BCUT2D eigenvalue weighted by atomic mass is 32.3. The summed E-state index contributed by atoms with van der Waals surface area (Å²) in [6, 6.07) is 0.536. The fourth-order valence-electron chi connectivity index (χ4n) is 2.89. The maximum Gasteiger partial charge on any atom is 0.397 e. The number of hydrogen-bond acceptors (Lipinski definition) is 4. The summed E-state index contributed by atoms with van der Waals surface area (Å²) in [4.78, 5) is 0. The fourth-order valence-corrected chi connectivity index (χ4v) is 3.22. The van der Waals surface area contributed by atoms with Crippen LogP contribution < -0.4 is 5.73 Å². The molecule has 0 unspecified atom stereocenters. The van der Waals surface area contributed by atoms with Crippen LogP contribution in [0, 0.1) is 0 Å². The first-order valence-corrected chi connectivity index (χ1v) is 13.1. The molecule has 1 aliphatic carbocycles. The lowest BCUT2D eigenvalue weighted by molar-refractivity contribution is 0.261. The van der Waals surface area contributed by atoms with Crippen LogP contribution in [0.1, 0.15) is 130 Å². The van der Waals surface area contributed by atoms with Crippen molar-refractivity contribution >= 4 is 10.4 Å². The Hall–Kier alpha value is -0.170. The van der Waals surface area contributed by atoms with Gasteiger partial charge in [-0.2, -0.15) is 8.42 Å². The first kappa shape index (κ1) is 30.0. The molecule has 0 aromatic carbocycles. The molecular weight excluding hydrogens is 374 g/mol. The zero-order chi connectivity index (χ0) is 21.5. The van der Waals surface area contributed by atoms with Crippen LogP contribution >= 0.6 is 0 Å². The molecule has 3 N–H and O–H groups in total. The van der Waals surface area contributed by atoms with E-state index in [0.717, 1.165) is 12.8 Å². The maximum absolute atomic E-state index is 10.2. The van der Waals surface area contributed by atoms with Gasteiger partial charge in [0.2, 0.25) is 0 Å². The van der Waals surface area contributed by atoms with E-state index in [1.807, 2.05) is 0 Å². The maximum atomic E-state index is 10.2. The lowest BCUT2D eigenvalue weighted by Crippen LogP contribution is -2.22. The summed E-state index contributed by atoms with van der Waals surface area (Å²) in [5.74, 6) is 0. The molecule has 1 aliphatic rings. The van der Waals surface area contributed by atoms with E-state index in [2.05, 4.69) is 25.0 Å². The second-order valence-electron chi connectivity index (χ2n) is 7.83. The second kappa shape index (κ2) is 23.1. The van der Waals surface area contributed by atoms with Crippen molar-refractivity contribution in [3.05, 3.63) is 0 Å². The summed E-state index contributed by atoms with van der Waals surface area (Å²) < 4.78 is 33.0. The standard InChI is InChI=1S/C12H26O4S.C6H13N.C4H10/c1-2-3-4-5-6-7-8-9-10-11-12-16-17(13,14)15;7-6-4-2-1-3-5-6;1-3-4-2/h2-12H2,1H3,(H,13,14,15);6H,1-5,7H2;3-4H2,1-2H3. The number of hydrogen-bond donors (Lipinski definition) is 2. The molecule has 0 heterocycles. The second-order valence-corrected chi connectivity index (χ2v) is 8.92. The highest BCUT2D eigenvalue weighted by molar-refractivity contribution is 7.80. The van der Waals surface area contributed by atoms with Gasteiger partial charge in [0, 0.05) is 6.04 Å². The molecule has 0 spiro atoms. The summed E-state index contributed by atoms with van der Waals surface area (Å²) >= 11 is 0. The van der Waals surface area contributed by atoms with Gasteiger partial charge in [0.25, 0.3) is 0 Å². The fraction of sp³-hybridized carbons (Fsp3) is 1.00. The molecule has 0 saturated heterocycles. The Balaban J connectivity index is 0. The van der Waals surface area contributed by atoms with Crippen molar-refractivity contribution in [2.75, 3.05) is 6.61 Å². The summed E-state index contributed by atoms with van der Waals surface area (Å²) in [6.45, 7) is 6.67. The van der Waals surface area contributed by atoms with Crippen LogP contribution in [0.4, 0.5) is 0 Å². The summed E-state index contributed by atoms with van der Waals surface area (Å²) in [6.07, 6.45) is 21.2. The van der Waals surface area contributed by atoms with Crippen molar-refractivity contribution in [1.29, 1.82) is 0 Å². The Bertz CT molecular complexity index is 380. The summed E-state index contributed by atoms with van der Waals surface area (Å²) in [5.41, 5.74) is 5.63. The first-order chi connectivity index (χ1) is 13.4. The predicted molar refractivity (Wildman–Crippen MR) is 121 cm³/mol. The Morgan fingerprint density at radius 1 is 0.750 bits per heavy atom. The molecule has 5 nitrogen and oxygen atoms in total. The first-order valence-electron chi connectivity index (χ1n) is 11.7. The van der Waals surface area contributed by atoms with E-state index in [0.29, 0.717) is 12.5 Å². The van der Waals surface area contributed by atoms with Gasteiger partial charge in [-0.1, -0.05) is 111 Å². The van der Waals surface area contributed by atoms with Crippen LogP contribution in [-0.2, 0) is 14.6 Å². The van der Waals surface area contributed by atoms with Gasteiger partial charge in [-0.05, 0) is 19.3 Å². The van der Waals surface area contributed by atoms with Crippen LogP contribution in [0.3, 0.4) is 0 Å². The van der Waals surface area contributed by atoms with E-state index in [1.165, 1.54) is 89.9 Å². The third-order valence-corrected chi connectivity index (χ3v) is 5.34. The molecule has 1 rings (SSSR count). The van der Waals surface area contributed by atoms with E-state index in [1.54, 1.807) is 0 Å². The molecule has 172 valence electrons. The van der Waals surface area contributed by atoms with E-state index < -0.39 is 10.4 Å². The zero-order valence-corrected chi connectivity index (χ0v) is 19.8. The monoisotopic (exact) mass is 423 g/mol. The molecule has 0 bridgehead atoms. The average Bonchev–Trinajstić information content (AvgIpc) is 2.66. The van der Waals surface area contributed by atoms with Gasteiger partial charge in [0.05, 0.1) is 6.61 Å². The molecule has 1 saturated carbocycles. The topological polar surface area (TPSA) is 89.6 Å². The van der Waals surface area contributed by atoms with Gasteiger partial charge in [-0.15, -0.1) is 0 Å². The van der Waals surface area contributed by atoms with Crippen LogP contribution in [0.25, 0.3) is 0 Å². The Labute approximate surface area is 176 Å². The molecule has 0 atom stereocenters. The van der Waals surface area contributed by atoms with Crippen molar-refractivity contribution in [1.82, 2.24) is 0 Å². The summed E-state index contributed by atoms with van der Waals surface area (Å²) in [5, 5.41) is 0. The van der Waals surface area contributed by atoms with E-state index in [4.69, 9.17) is 10.3 Å². The Morgan fingerprint density at radius 3 is 1.50 bits per heavy atom. The van der Waals surface area contributed by atoms with Crippen molar-refractivity contribution in [2.45, 2.75) is 136 Å². The van der Waals surface area contributed by atoms with Gasteiger partial charge in [0.15, 0.2) is 0 Å². The van der Waals surface area contributed by atoms with E-state index >= 15 is 0 Å². The SMILES string of the molecule is CCCC.CCCCCCCCCCCCOS(=O)(=O)O.NC1CCCCC1.